The summed E-state index contributed by atoms with van der Waals surface area (Å²) in [5.41, 5.74) is 0. The second kappa shape index (κ2) is 4.57. The largest absolute Gasteiger partial charge is 0.347 e. The predicted octanol–water partition coefficient (Wildman–Crippen LogP) is 2.46. The maximum absolute atomic E-state index is 4.41. The van der Waals surface area contributed by atoms with Crippen LogP contribution in [0.15, 0.2) is 0 Å². The van der Waals surface area contributed by atoms with E-state index in [2.05, 4.69) is 30.2 Å². The van der Waals surface area contributed by atoms with Gasteiger partial charge in [0.05, 0.1) is 0 Å². The second-order valence-corrected chi connectivity index (χ2v) is 5.23. The van der Waals surface area contributed by atoms with E-state index in [0.29, 0.717) is 0 Å². The van der Waals surface area contributed by atoms with Gasteiger partial charge in [0.25, 0.3) is 0 Å². The minimum Gasteiger partial charge on any atom is -0.347 e. The van der Waals surface area contributed by atoms with Gasteiger partial charge in [-0.05, 0) is 25.7 Å². The summed E-state index contributed by atoms with van der Waals surface area (Å²) in [6.07, 6.45) is 2.57. The molecule has 1 aromatic heterocycles. The molecule has 1 saturated heterocycles. The third-order valence-corrected chi connectivity index (χ3v) is 3.92. The third-order valence-electron chi connectivity index (χ3n) is 2.59. The van der Waals surface area contributed by atoms with E-state index in [4.69, 9.17) is 0 Å². The number of anilines is 1. The standard InChI is InChI=1S/C9H14BrN3S/c1-7-11-9(14-12-7)13-5-3-8(6-13)2-4-10/h8H,2-6H2,1H3. The molecule has 5 heteroatoms. The van der Waals surface area contributed by atoms with E-state index in [9.17, 15) is 0 Å². The lowest BCUT2D eigenvalue weighted by Gasteiger charge is -2.13. The van der Waals surface area contributed by atoms with Crippen molar-refractivity contribution < 1.29 is 0 Å². The SMILES string of the molecule is Cc1nsc(N2CCC(CCBr)C2)n1. The van der Waals surface area contributed by atoms with E-state index in [1.54, 1.807) is 0 Å². The number of nitrogens with zero attached hydrogens (tertiary/aromatic N) is 3. The van der Waals surface area contributed by atoms with Gasteiger partial charge in [-0.1, -0.05) is 15.9 Å². The van der Waals surface area contributed by atoms with Crippen LogP contribution in [0, 0.1) is 12.8 Å². The summed E-state index contributed by atoms with van der Waals surface area (Å²) < 4.78 is 4.21. The molecule has 1 atom stereocenters. The summed E-state index contributed by atoms with van der Waals surface area (Å²) in [6.45, 7) is 4.25. The van der Waals surface area contributed by atoms with E-state index in [0.717, 1.165) is 35.3 Å². The first-order valence-electron chi connectivity index (χ1n) is 4.91. The molecular formula is C9H14BrN3S. The van der Waals surface area contributed by atoms with Crippen molar-refractivity contribution in [2.75, 3.05) is 23.3 Å². The Morgan fingerprint density at radius 1 is 1.64 bits per heavy atom. The van der Waals surface area contributed by atoms with E-state index in [-0.39, 0.29) is 0 Å². The van der Waals surface area contributed by atoms with Crippen molar-refractivity contribution in [3.8, 4) is 0 Å². The van der Waals surface area contributed by atoms with Crippen molar-refractivity contribution in [1.82, 2.24) is 9.36 Å². The number of hydrogen-bond donors (Lipinski definition) is 0. The van der Waals surface area contributed by atoms with Crippen molar-refractivity contribution in [1.29, 1.82) is 0 Å². The van der Waals surface area contributed by atoms with Crippen LogP contribution >= 0.6 is 27.5 Å². The predicted molar refractivity (Wildman–Crippen MR) is 63.4 cm³/mol. The molecule has 14 heavy (non-hydrogen) atoms. The molecule has 1 aliphatic heterocycles. The Morgan fingerprint density at radius 2 is 2.50 bits per heavy atom. The minimum atomic E-state index is 0.832. The normalized spacial score (nSPS) is 21.9. The van der Waals surface area contributed by atoms with Crippen LogP contribution in [0.3, 0.4) is 0 Å². The molecule has 0 amide bonds. The Kier molecular flexibility index (Phi) is 3.38. The van der Waals surface area contributed by atoms with Crippen molar-refractivity contribution in [2.24, 2.45) is 5.92 Å². The number of halogens is 1. The van der Waals surface area contributed by atoms with E-state index >= 15 is 0 Å². The van der Waals surface area contributed by atoms with Gasteiger partial charge in [0.2, 0.25) is 5.13 Å². The Morgan fingerprint density at radius 3 is 3.14 bits per heavy atom. The summed E-state index contributed by atoms with van der Waals surface area (Å²) in [6, 6.07) is 0. The van der Waals surface area contributed by atoms with E-state index in [1.165, 1.54) is 24.4 Å². The second-order valence-electron chi connectivity index (χ2n) is 3.70. The quantitative estimate of drug-likeness (QED) is 0.794. The number of alkyl halides is 1. The van der Waals surface area contributed by atoms with Crippen molar-refractivity contribution in [3.05, 3.63) is 5.82 Å². The number of aryl methyl sites for hydroxylation is 1. The Bertz CT molecular complexity index is 302. The molecule has 0 saturated carbocycles. The third kappa shape index (κ3) is 2.25. The topological polar surface area (TPSA) is 29.0 Å². The molecule has 0 bridgehead atoms. The van der Waals surface area contributed by atoms with Gasteiger partial charge in [0, 0.05) is 30.0 Å². The summed E-state index contributed by atoms with van der Waals surface area (Å²) in [5.74, 6) is 1.73. The summed E-state index contributed by atoms with van der Waals surface area (Å²) in [5, 5.41) is 2.21. The molecule has 1 aromatic rings. The highest BCUT2D eigenvalue weighted by Gasteiger charge is 2.23. The first-order valence-corrected chi connectivity index (χ1v) is 6.80. The number of aromatic nitrogens is 2. The average Bonchev–Trinajstić information content (AvgIpc) is 2.74. The lowest BCUT2D eigenvalue weighted by atomic mass is 10.1. The molecule has 78 valence electrons. The smallest absolute Gasteiger partial charge is 0.205 e. The van der Waals surface area contributed by atoms with Crippen molar-refractivity contribution in [2.45, 2.75) is 19.8 Å². The molecule has 2 heterocycles. The van der Waals surface area contributed by atoms with Gasteiger partial charge in [-0.2, -0.15) is 4.37 Å². The van der Waals surface area contributed by atoms with Gasteiger partial charge in [-0.25, -0.2) is 4.98 Å². The van der Waals surface area contributed by atoms with Crippen LogP contribution in [0.1, 0.15) is 18.7 Å². The summed E-state index contributed by atoms with van der Waals surface area (Å²) in [7, 11) is 0. The highest BCUT2D eigenvalue weighted by molar-refractivity contribution is 9.09. The zero-order chi connectivity index (χ0) is 9.97. The van der Waals surface area contributed by atoms with Gasteiger partial charge in [0.15, 0.2) is 0 Å². The fourth-order valence-electron chi connectivity index (χ4n) is 1.81. The highest BCUT2D eigenvalue weighted by atomic mass is 79.9. The van der Waals surface area contributed by atoms with Crippen LogP contribution in [0.5, 0.6) is 0 Å². The van der Waals surface area contributed by atoms with Gasteiger partial charge < -0.3 is 4.90 Å². The maximum Gasteiger partial charge on any atom is 0.205 e. The van der Waals surface area contributed by atoms with Crippen LogP contribution in [-0.4, -0.2) is 27.8 Å². The lowest BCUT2D eigenvalue weighted by molar-refractivity contribution is 0.576. The molecule has 1 fully saturated rings. The average molecular weight is 276 g/mol. The molecule has 1 unspecified atom stereocenters. The molecule has 0 N–H and O–H groups in total. The minimum absolute atomic E-state index is 0.832. The molecule has 0 radical (unpaired) electrons. The van der Waals surface area contributed by atoms with Crippen LogP contribution in [0.4, 0.5) is 5.13 Å². The van der Waals surface area contributed by atoms with Gasteiger partial charge >= 0.3 is 0 Å². The van der Waals surface area contributed by atoms with Crippen LogP contribution in [-0.2, 0) is 0 Å². The fraction of sp³-hybridized carbons (Fsp3) is 0.778. The zero-order valence-corrected chi connectivity index (χ0v) is 10.6. The first-order chi connectivity index (χ1) is 6.79. The van der Waals surface area contributed by atoms with Crippen LogP contribution < -0.4 is 4.90 Å². The molecule has 3 nitrogen and oxygen atoms in total. The van der Waals surface area contributed by atoms with Gasteiger partial charge in [-0.15, -0.1) is 0 Å². The highest BCUT2D eigenvalue weighted by Crippen LogP contribution is 2.26. The molecule has 0 aromatic carbocycles. The monoisotopic (exact) mass is 275 g/mol. The zero-order valence-electron chi connectivity index (χ0n) is 8.24. The van der Waals surface area contributed by atoms with Gasteiger partial charge in [0.1, 0.15) is 5.82 Å². The van der Waals surface area contributed by atoms with Crippen molar-refractivity contribution >= 4 is 32.6 Å². The Labute approximate surface area is 96.8 Å². The summed E-state index contributed by atoms with van der Waals surface area (Å²) >= 11 is 5.02. The molecule has 0 aliphatic carbocycles. The Balaban J connectivity index is 1.95. The van der Waals surface area contributed by atoms with Gasteiger partial charge in [-0.3, -0.25) is 0 Å². The molecule has 2 rings (SSSR count). The lowest BCUT2D eigenvalue weighted by Crippen LogP contribution is -2.19. The summed E-state index contributed by atoms with van der Waals surface area (Å²) in [4.78, 5) is 6.77. The fourth-order valence-corrected chi connectivity index (χ4v) is 3.17. The molecular weight excluding hydrogens is 262 g/mol. The Hall–Kier alpha value is -0.160. The maximum atomic E-state index is 4.41. The first kappa shape index (κ1) is 10.4. The van der Waals surface area contributed by atoms with Crippen molar-refractivity contribution in [3.63, 3.8) is 0 Å². The van der Waals surface area contributed by atoms with Crippen LogP contribution in [0.2, 0.25) is 0 Å². The number of rotatable bonds is 3. The van der Waals surface area contributed by atoms with E-state index in [1.807, 2.05) is 6.92 Å². The molecule has 0 spiro atoms. The number of hydrogen-bond acceptors (Lipinski definition) is 4. The van der Waals surface area contributed by atoms with Crippen LogP contribution in [0.25, 0.3) is 0 Å². The molecule has 1 aliphatic rings. The van der Waals surface area contributed by atoms with E-state index < -0.39 is 0 Å².